The van der Waals surface area contributed by atoms with Crippen LogP contribution in [0.3, 0.4) is 0 Å². The highest BCUT2D eigenvalue weighted by Gasteiger charge is 2.25. The molecule has 166 valence electrons. The van der Waals surface area contributed by atoms with E-state index < -0.39 is 23.7 Å². The summed E-state index contributed by atoms with van der Waals surface area (Å²) >= 11 is 6.44. The molecule has 0 aliphatic carbocycles. The molecule has 1 amide bonds. The molecule has 6 nitrogen and oxygen atoms in total. The average Bonchev–Trinajstić information content (AvgIpc) is 2.77. The van der Waals surface area contributed by atoms with Crippen LogP contribution in [-0.4, -0.2) is 17.0 Å². The predicted octanol–water partition coefficient (Wildman–Crippen LogP) is 4.96. The molecule has 32 heavy (non-hydrogen) atoms. The monoisotopic (exact) mass is 455 g/mol. The van der Waals surface area contributed by atoms with Gasteiger partial charge in [-0.25, -0.2) is 4.39 Å². The number of nitrogens with one attached hydrogen (secondary N) is 1. The topological polar surface area (TPSA) is 80.5 Å². The molecule has 3 aromatic rings. The van der Waals surface area contributed by atoms with Crippen LogP contribution in [-0.2, 0) is 7.05 Å². The number of carbonyl (C=O) groups excluding carboxylic acids is 1. The lowest BCUT2D eigenvalue weighted by Crippen LogP contribution is -2.23. The van der Waals surface area contributed by atoms with Gasteiger partial charge in [-0.3, -0.25) is 9.59 Å². The van der Waals surface area contributed by atoms with E-state index >= 15 is 0 Å². The molecule has 0 aliphatic rings. The number of benzene rings is 2. The molecule has 1 aromatic heterocycles. The molecular formula is C24H23ClFN3O3. The molecule has 0 bridgehead atoms. The number of carbonyl (C=O) groups is 1. The number of pyridine rings is 1. The van der Waals surface area contributed by atoms with Crippen molar-refractivity contribution < 1.29 is 9.18 Å². The van der Waals surface area contributed by atoms with Crippen LogP contribution in [0.5, 0.6) is 0 Å². The molecule has 0 aliphatic heterocycles. The first-order valence-corrected chi connectivity index (χ1v) is 10.5. The largest absolute Gasteiger partial charge is 0.352 e. The Morgan fingerprint density at radius 3 is 2.50 bits per heavy atom. The fourth-order valence-corrected chi connectivity index (χ4v) is 3.93. The van der Waals surface area contributed by atoms with E-state index in [1.807, 2.05) is 12.1 Å². The van der Waals surface area contributed by atoms with Crippen molar-refractivity contribution >= 4 is 17.5 Å². The van der Waals surface area contributed by atoms with Crippen LogP contribution in [0.15, 0.2) is 70.8 Å². The summed E-state index contributed by atoms with van der Waals surface area (Å²) in [4.78, 5) is 35.6. The van der Waals surface area contributed by atoms with Crippen molar-refractivity contribution in [3.8, 4) is 0 Å². The molecular weight excluding hydrogens is 433 g/mol. The van der Waals surface area contributed by atoms with Gasteiger partial charge in [-0.15, -0.1) is 0 Å². The minimum atomic E-state index is -0.797. The van der Waals surface area contributed by atoms with E-state index in [9.17, 15) is 18.9 Å². The van der Waals surface area contributed by atoms with E-state index in [1.165, 1.54) is 22.8 Å². The average molecular weight is 456 g/mol. The van der Waals surface area contributed by atoms with Crippen molar-refractivity contribution in [2.45, 2.75) is 25.3 Å². The third-order valence-electron chi connectivity index (χ3n) is 5.34. The Hall–Kier alpha value is -3.32. The normalized spacial score (nSPS) is 12.8. The van der Waals surface area contributed by atoms with Crippen molar-refractivity contribution in [3.05, 3.63) is 109 Å². The van der Waals surface area contributed by atoms with E-state index in [2.05, 4.69) is 10.5 Å². The molecule has 8 heteroatoms. The van der Waals surface area contributed by atoms with Gasteiger partial charge >= 0.3 is 0 Å². The lowest BCUT2D eigenvalue weighted by Gasteiger charge is -2.22. The van der Waals surface area contributed by atoms with Gasteiger partial charge in [-0.2, -0.15) is 4.91 Å². The van der Waals surface area contributed by atoms with Crippen molar-refractivity contribution in [2.75, 3.05) is 6.54 Å². The van der Waals surface area contributed by atoms with Gasteiger partial charge in [0.25, 0.3) is 5.91 Å². The van der Waals surface area contributed by atoms with Gasteiger partial charge in [-0.1, -0.05) is 41.0 Å². The molecule has 1 N–H and O–H groups in total. The molecule has 0 spiro atoms. The van der Waals surface area contributed by atoms with Gasteiger partial charge in [0.2, 0.25) is 5.56 Å². The minimum Gasteiger partial charge on any atom is -0.352 e. The SMILES string of the molecule is CCNC(=O)c1ccc(C(CC(N=O)c2ccc(=O)n(C)c2)c2ccccc2Cl)cc1F. The Labute approximate surface area is 190 Å². The molecule has 3 rings (SSSR count). The third kappa shape index (κ3) is 5.11. The zero-order valence-electron chi connectivity index (χ0n) is 17.7. The second kappa shape index (κ2) is 10.3. The standard InChI is InChI=1S/C24H23ClFN3O3/c1-3-27-24(31)18-10-8-15(12-21(18)26)19(17-6-4-5-7-20(17)25)13-22(28-32)16-9-11-23(30)29(2)14-16/h4-12,14,19,22H,3,13H2,1-2H3,(H,27,31). The summed E-state index contributed by atoms with van der Waals surface area (Å²) in [6.45, 7) is 2.14. The minimum absolute atomic E-state index is 0.0587. The molecule has 2 unspecified atom stereocenters. The summed E-state index contributed by atoms with van der Waals surface area (Å²) in [5.41, 5.74) is 1.57. The number of hydrogen-bond acceptors (Lipinski definition) is 4. The fourth-order valence-electron chi connectivity index (χ4n) is 3.66. The van der Waals surface area contributed by atoms with Crippen LogP contribution < -0.4 is 10.9 Å². The Bertz CT molecular complexity index is 1200. The molecule has 1 heterocycles. The first kappa shape index (κ1) is 23.3. The van der Waals surface area contributed by atoms with E-state index in [0.29, 0.717) is 28.3 Å². The van der Waals surface area contributed by atoms with Crippen LogP contribution in [0.2, 0.25) is 5.02 Å². The number of nitroso groups, excluding NO2 is 1. The molecule has 0 saturated heterocycles. The van der Waals surface area contributed by atoms with Crippen LogP contribution in [0.1, 0.15) is 52.4 Å². The molecule has 0 radical (unpaired) electrons. The zero-order chi connectivity index (χ0) is 23.3. The first-order chi connectivity index (χ1) is 15.3. The zero-order valence-corrected chi connectivity index (χ0v) is 18.5. The van der Waals surface area contributed by atoms with E-state index in [-0.39, 0.29) is 17.5 Å². The molecule has 0 saturated carbocycles. The maximum absolute atomic E-state index is 14.8. The second-order valence-electron chi connectivity index (χ2n) is 7.44. The first-order valence-electron chi connectivity index (χ1n) is 10.2. The number of amides is 1. The summed E-state index contributed by atoms with van der Waals surface area (Å²) in [5, 5.41) is 6.32. The maximum Gasteiger partial charge on any atom is 0.254 e. The van der Waals surface area contributed by atoms with Crippen molar-refractivity contribution in [1.82, 2.24) is 9.88 Å². The highest BCUT2D eigenvalue weighted by atomic mass is 35.5. The fraction of sp³-hybridized carbons (Fsp3) is 0.250. The van der Waals surface area contributed by atoms with E-state index in [4.69, 9.17) is 11.6 Å². The third-order valence-corrected chi connectivity index (χ3v) is 5.68. The number of aromatic nitrogens is 1. The molecule has 2 aromatic carbocycles. The van der Waals surface area contributed by atoms with Crippen molar-refractivity contribution in [1.29, 1.82) is 0 Å². The lowest BCUT2D eigenvalue weighted by atomic mass is 9.84. The summed E-state index contributed by atoms with van der Waals surface area (Å²) in [6, 6.07) is 13.6. The van der Waals surface area contributed by atoms with Gasteiger partial charge in [0.05, 0.1) is 5.56 Å². The Balaban J connectivity index is 2.05. The number of halogens is 2. The number of nitrogens with zero attached hydrogens (tertiary/aromatic N) is 2. The lowest BCUT2D eigenvalue weighted by molar-refractivity contribution is 0.0952. The number of hydrogen-bond donors (Lipinski definition) is 1. The predicted molar refractivity (Wildman–Crippen MR) is 123 cm³/mol. The summed E-state index contributed by atoms with van der Waals surface area (Å²) < 4.78 is 16.2. The van der Waals surface area contributed by atoms with E-state index in [1.54, 1.807) is 44.4 Å². The maximum atomic E-state index is 14.8. The van der Waals surface area contributed by atoms with Crippen LogP contribution in [0.25, 0.3) is 0 Å². The second-order valence-corrected chi connectivity index (χ2v) is 7.85. The highest BCUT2D eigenvalue weighted by molar-refractivity contribution is 6.31. The van der Waals surface area contributed by atoms with Gasteiger partial charge in [0, 0.05) is 36.8 Å². The Morgan fingerprint density at radius 1 is 1.16 bits per heavy atom. The van der Waals surface area contributed by atoms with Gasteiger partial charge in [0.15, 0.2) is 0 Å². The number of rotatable bonds is 8. The summed E-state index contributed by atoms with van der Waals surface area (Å²) in [7, 11) is 1.59. The van der Waals surface area contributed by atoms with Crippen LogP contribution in [0.4, 0.5) is 4.39 Å². The summed E-state index contributed by atoms with van der Waals surface area (Å²) in [6.07, 6.45) is 1.77. The number of aryl methyl sites for hydroxylation is 1. The van der Waals surface area contributed by atoms with Crippen molar-refractivity contribution in [2.24, 2.45) is 12.2 Å². The molecule has 2 atom stereocenters. The van der Waals surface area contributed by atoms with Gasteiger partial charge < -0.3 is 9.88 Å². The summed E-state index contributed by atoms with van der Waals surface area (Å²) in [5.74, 6) is -1.63. The quantitative estimate of drug-likeness (QED) is 0.487. The van der Waals surface area contributed by atoms with E-state index in [0.717, 1.165) is 0 Å². The van der Waals surface area contributed by atoms with Crippen LogP contribution >= 0.6 is 11.6 Å². The molecule has 0 fully saturated rings. The van der Waals surface area contributed by atoms with Gasteiger partial charge in [-0.05, 0) is 54.3 Å². The van der Waals surface area contributed by atoms with Crippen LogP contribution in [0, 0.1) is 10.7 Å². The Morgan fingerprint density at radius 2 is 1.88 bits per heavy atom. The van der Waals surface area contributed by atoms with Gasteiger partial charge in [0.1, 0.15) is 11.9 Å². The highest BCUT2D eigenvalue weighted by Crippen LogP contribution is 2.38. The van der Waals surface area contributed by atoms with Crippen molar-refractivity contribution in [3.63, 3.8) is 0 Å². The smallest absolute Gasteiger partial charge is 0.254 e. The Kier molecular flexibility index (Phi) is 7.53.